The van der Waals surface area contributed by atoms with Crippen molar-refractivity contribution in [2.24, 2.45) is 0 Å². The minimum Gasteiger partial charge on any atom is -0.466 e. The third-order valence-electron chi connectivity index (χ3n) is 4.24. The zero-order valence-corrected chi connectivity index (χ0v) is 13.8. The van der Waals surface area contributed by atoms with E-state index in [1.165, 1.54) is 19.8 Å². The molecule has 0 spiro atoms. The molecular formula is C17H20N2O5. The van der Waals surface area contributed by atoms with Crippen molar-refractivity contribution in [2.45, 2.75) is 13.0 Å². The summed E-state index contributed by atoms with van der Waals surface area (Å²) in [7, 11) is 2.57. The Morgan fingerprint density at radius 2 is 2.00 bits per heavy atom. The van der Waals surface area contributed by atoms with Crippen LogP contribution in [0.5, 0.6) is 0 Å². The fourth-order valence-corrected chi connectivity index (χ4v) is 3.10. The number of fused-ring (bicyclic) bond motifs is 1. The standard InChI is InChI=1S/C17H20N2O5/c1-22-16(20)13-9-24-10-19(15(13)17(21)23-2)14-5-3-4-11-8-18-7-6-12(11)14/h3-5,18H,6-10H2,1-2H3. The number of benzene rings is 1. The number of nitrogens with one attached hydrogen (secondary N) is 1. The maximum absolute atomic E-state index is 12.4. The zero-order chi connectivity index (χ0) is 17.1. The highest BCUT2D eigenvalue weighted by atomic mass is 16.5. The summed E-state index contributed by atoms with van der Waals surface area (Å²) in [5.41, 5.74) is 3.53. The maximum Gasteiger partial charge on any atom is 0.355 e. The van der Waals surface area contributed by atoms with Crippen LogP contribution in [-0.2, 0) is 36.8 Å². The summed E-state index contributed by atoms with van der Waals surface area (Å²) in [6.07, 6.45) is 0.837. The van der Waals surface area contributed by atoms with Crippen LogP contribution in [-0.4, -0.2) is 46.0 Å². The highest BCUT2D eigenvalue weighted by Crippen LogP contribution is 2.32. The molecule has 1 N–H and O–H groups in total. The Kier molecular flexibility index (Phi) is 4.82. The number of ether oxygens (including phenoxy) is 3. The van der Waals surface area contributed by atoms with Gasteiger partial charge in [-0.3, -0.25) is 0 Å². The molecule has 0 saturated carbocycles. The van der Waals surface area contributed by atoms with E-state index in [4.69, 9.17) is 14.2 Å². The van der Waals surface area contributed by atoms with Crippen LogP contribution in [0.15, 0.2) is 29.5 Å². The van der Waals surface area contributed by atoms with Crippen LogP contribution in [0.1, 0.15) is 11.1 Å². The van der Waals surface area contributed by atoms with Crippen LogP contribution in [0.2, 0.25) is 0 Å². The van der Waals surface area contributed by atoms with E-state index in [1.54, 1.807) is 4.90 Å². The van der Waals surface area contributed by atoms with Crippen LogP contribution in [0.4, 0.5) is 5.69 Å². The Balaban J connectivity index is 2.12. The number of nitrogens with zero attached hydrogens (tertiary/aromatic N) is 1. The molecule has 0 unspecified atom stereocenters. The molecule has 0 bridgehead atoms. The van der Waals surface area contributed by atoms with Gasteiger partial charge in [0.1, 0.15) is 12.4 Å². The molecule has 0 amide bonds. The highest BCUT2D eigenvalue weighted by molar-refractivity contribution is 6.03. The largest absolute Gasteiger partial charge is 0.466 e. The smallest absolute Gasteiger partial charge is 0.355 e. The molecule has 0 fully saturated rings. The predicted octanol–water partition coefficient (Wildman–Crippen LogP) is 0.726. The van der Waals surface area contributed by atoms with Crippen molar-refractivity contribution < 1.29 is 23.8 Å². The monoisotopic (exact) mass is 332 g/mol. The van der Waals surface area contributed by atoms with E-state index in [2.05, 4.69) is 11.4 Å². The van der Waals surface area contributed by atoms with Gasteiger partial charge in [0.2, 0.25) is 0 Å². The number of anilines is 1. The number of rotatable bonds is 3. The van der Waals surface area contributed by atoms with Crippen molar-refractivity contribution in [1.29, 1.82) is 0 Å². The SMILES string of the molecule is COC(=O)C1=C(C(=O)OC)N(c2cccc3c2CCNC3)COC1. The van der Waals surface area contributed by atoms with Gasteiger partial charge in [-0.15, -0.1) is 0 Å². The lowest BCUT2D eigenvalue weighted by Gasteiger charge is -2.34. The van der Waals surface area contributed by atoms with Crippen LogP contribution in [0, 0.1) is 0 Å². The van der Waals surface area contributed by atoms with Crippen molar-refractivity contribution >= 4 is 17.6 Å². The van der Waals surface area contributed by atoms with Gasteiger partial charge in [-0.2, -0.15) is 0 Å². The zero-order valence-electron chi connectivity index (χ0n) is 13.8. The summed E-state index contributed by atoms with van der Waals surface area (Å²) in [5.74, 6) is -1.17. The van der Waals surface area contributed by atoms with Gasteiger partial charge in [-0.25, -0.2) is 9.59 Å². The summed E-state index contributed by atoms with van der Waals surface area (Å²) in [5, 5.41) is 3.32. The summed E-state index contributed by atoms with van der Waals surface area (Å²) in [4.78, 5) is 26.1. The van der Waals surface area contributed by atoms with E-state index in [0.29, 0.717) is 0 Å². The number of hydrogen-bond acceptors (Lipinski definition) is 7. The molecule has 0 aliphatic carbocycles. The summed E-state index contributed by atoms with van der Waals surface area (Å²) >= 11 is 0. The topological polar surface area (TPSA) is 77.1 Å². The Bertz CT molecular complexity index is 698. The van der Waals surface area contributed by atoms with E-state index in [1.807, 2.05) is 12.1 Å². The fourth-order valence-electron chi connectivity index (χ4n) is 3.10. The first kappa shape index (κ1) is 16.5. The van der Waals surface area contributed by atoms with Crippen molar-refractivity contribution in [3.8, 4) is 0 Å². The van der Waals surface area contributed by atoms with Crippen molar-refractivity contribution in [3.63, 3.8) is 0 Å². The van der Waals surface area contributed by atoms with Gasteiger partial charge in [0.25, 0.3) is 0 Å². The normalized spacial score (nSPS) is 17.3. The van der Waals surface area contributed by atoms with E-state index in [0.717, 1.165) is 30.8 Å². The van der Waals surface area contributed by atoms with Gasteiger partial charge in [0.05, 0.1) is 26.4 Å². The molecule has 7 nitrogen and oxygen atoms in total. The molecule has 1 aromatic carbocycles. The molecule has 1 aromatic rings. The third-order valence-corrected chi connectivity index (χ3v) is 4.24. The fraction of sp³-hybridized carbons (Fsp3) is 0.412. The molecule has 7 heteroatoms. The van der Waals surface area contributed by atoms with Gasteiger partial charge >= 0.3 is 11.9 Å². The van der Waals surface area contributed by atoms with Crippen LogP contribution in [0.3, 0.4) is 0 Å². The lowest BCUT2D eigenvalue weighted by Crippen LogP contribution is -2.40. The minimum atomic E-state index is -0.591. The van der Waals surface area contributed by atoms with E-state index in [9.17, 15) is 9.59 Å². The lowest BCUT2D eigenvalue weighted by atomic mass is 9.97. The molecule has 2 heterocycles. The average Bonchev–Trinajstić information content (AvgIpc) is 2.65. The first-order chi connectivity index (χ1) is 11.7. The lowest BCUT2D eigenvalue weighted by molar-refractivity contribution is -0.140. The van der Waals surface area contributed by atoms with Crippen LogP contribution in [0.25, 0.3) is 0 Å². The molecule has 0 atom stereocenters. The number of methoxy groups -OCH3 is 2. The van der Waals surface area contributed by atoms with Crippen molar-refractivity contribution in [1.82, 2.24) is 5.32 Å². The summed E-state index contributed by atoms with van der Waals surface area (Å²) in [6, 6.07) is 5.91. The third kappa shape index (κ3) is 2.88. The summed E-state index contributed by atoms with van der Waals surface area (Å²) in [6.45, 7) is 1.83. The van der Waals surface area contributed by atoms with Gasteiger partial charge in [0, 0.05) is 12.2 Å². The van der Waals surface area contributed by atoms with Crippen molar-refractivity contribution in [3.05, 3.63) is 40.6 Å². The number of carbonyl (C=O) groups is 2. The molecule has 2 aliphatic rings. The Morgan fingerprint density at radius 1 is 1.21 bits per heavy atom. The predicted molar refractivity (Wildman–Crippen MR) is 86.2 cm³/mol. The maximum atomic E-state index is 12.4. The molecular weight excluding hydrogens is 312 g/mol. The molecule has 128 valence electrons. The second kappa shape index (κ2) is 7.02. The molecule has 0 aromatic heterocycles. The van der Waals surface area contributed by atoms with Gasteiger partial charge < -0.3 is 24.4 Å². The Hall–Kier alpha value is -2.38. The Morgan fingerprint density at radius 3 is 2.75 bits per heavy atom. The quantitative estimate of drug-likeness (QED) is 0.818. The molecule has 24 heavy (non-hydrogen) atoms. The average molecular weight is 332 g/mol. The van der Waals surface area contributed by atoms with E-state index < -0.39 is 11.9 Å². The van der Waals surface area contributed by atoms with Crippen LogP contribution >= 0.6 is 0 Å². The number of carbonyl (C=O) groups excluding carboxylic acids is 2. The van der Waals surface area contributed by atoms with Gasteiger partial charge in [-0.05, 0) is 30.2 Å². The highest BCUT2D eigenvalue weighted by Gasteiger charge is 2.33. The second-order valence-corrected chi connectivity index (χ2v) is 5.56. The first-order valence-corrected chi connectivity index (χ1v) is 7.74. The van der Waals surface area contributed by atoms with Crippen molar-refractivity contribution in [2.75, 3.05) is 39.0 Å². The number of hydrogen-bond donors (Lipinski definition) is 1. The molecule has 2 aliphatic heterocycles. The van der Waals surface area contributed by atoms with Gasteiger partial charge in [0.15, 0.2) is 0 Å². The van der Waals surface area contributed by atoms with Crippen LogP contribution < -0.4 is 10.2 Å². The molecule has 0 radical (unpaired) electrons. The van der Waals surface area contributed by atoms with E-state index in [-0.39, 0.29) is 24.6 Å². The molecule has 3 rings (SSSR count). The minimum absolute atomic E-state index is 0.0180. The number of esters is 2. The second-order valence-electron chi connectivity index (χ2n) is 5.56. The summed E-state index contributed by atoms with van der Waals surface area (Å²) < 4.78 is 15.2. The first-order valence-electron chi connectivity index (χ1n) is 7.74. The Labute approximate surface area is 140 Å². The molecule has 0 saturated heterocycles. The van der Waals surface area contributed by atoms with Gasteiger partial charge in [-0.1, -0.05) is 12.1 Å². The van der Waals surface area contributed by atoms with E-state index >= 15 is 0 Å².